The molecule has 0 saturated heterocycles. The first-order chi connectivity index (χ1) is 10.2. The van der Waals surface area contributed by atoms with Crippen LogP contribution in [0.15, 0.2) is 24.0 Å². The minimum atomic E-state index is -0.00949. The number of halogens is 1. The highest BCUT2D eigenvalue weighted by Crippen LogP contribution is 2.39. The highest BCUT2D eigenvalue weighted by molar-refractivity contribution is 6.32. The van der Waals surface area contributed by atoms with Crippen molar-refractivity contribution in [2.45, 2.75) is 25.8 Å². The van der Waals surface area contributed by atoms with E-state index in [1.165, 1.54) is 0 Å². The SMILES string of the molecule is CCCNC(C1=CCCO1)c1cc(Cl)c(OC)c(OC)c1. The van der Waals surface area contributed by atoms with Gasteiger partial charge in [0.05, 0.1) is 31.9 Å². The summed E-state index contributed by atoms with van der Waals surface area (Å²) >= 11 is 6.31. The summed E-state index contributed by atoms with van der Waals surface area (Å²) in [5.41, 5.74) is 1.01. The Morgan fingerprint density at radius 1 is 1.33 bits per heavy atom. The second kappa shape index (κ2) is 7.57. The van der Waals surface area contributed by atoms with Crippen molar-refractivity contribution in [2.24, 2.45) is 0 Å². The summed E-state index contributed by atoms with van der Waals surface area (Å²) in [6.45, 7) is 3.77. The Kier molecular flexibility index (Phi) is 5.76. The van der Waals surface area contributed by atoms with Crippen LogP contribution >= 0.6 is 11.6 Å². The molecule has 5 heteroatoms. The number of methoxy groups -OCH3 is 2. The molecule has 1 atom stereocenters. The van der Waals surface area contributed by atoms with Crippen LogP contribution in [0.2, 0.25) is 5.02 Å². The number of hydrogen-bond donors (Lipinski definition) is 1. The Balaban J connectivity index is 2.37. The van der Waals surface area contributed by atoms with Gasteiger partial charge in [-0.25, -0.2) is 0 Å². The van der Waals surface area contributed by atoms with Gasteiger partial charge < -0.3 is 19.5 Å². The molecule has 0 fully saturated rings. The van der Waals surface area contributed by atoms with Gasteiger partial charge in [0, 0.05) is 6.42 Å². The smallest absolute Gasteiger partial charge is 0.179 e. The average molecular weight is 312 g/mol. The van der Waals surface area contributed by atoms with Crippen molar-refractivity contribution < 1.29 is 14.2 Å². The zero-order valence-electron chi connectivity index (χ0n) is 12.7. The third-order valence-electron chi connectivity index (χ3n) is 3.40. The minimum Gasteiger partial charge on any atom is -0.496 e. The molecule has 116 valence electrons. The number of rotatable bonds is 7. The first kappa shape index (κ1) is 16.0. The largest absolute Gasteiger partial charge is 0.496 e. The van der Waals surface area contributed by atoms with Crippen LogP contribution in [0, 0.1) is 0 Å². The van der Waals surface area contributed by atoms with Crippen molar-refractivity contribution in [1.29, 1.82) is 0 Å². The van der Waals surface area contributed by atoms with Crippen LogP contribution in [0.3, 0.4) is 0 Å². The van der Waals surface area contributed by atoms with E-state index in [-0.39, 0.29) is 6.04 Å². The van der Waals surface area contributed by atoms with E-state index in [4.69, 9.17) is 25.8 Å². The van der Waals surface area contributed by atoms with E-state index in [0.717, 1.165) is 37.3 Å². The maximum absolute atomic E-state index is 6.31. The van der Waals surface area contributed by atoms with Crippen LogP contribution in [0.1, 0.15) is 31.4 Å². The quantitative estimate of drug-likeness (QED) is 0.833. The van der Waals surface area contributed by atoms with Crippen LogP contribution in [0.4, 0.5) is 0 Å². The lowest BCUT2D eigenvalue weighted by molar-refractivity contribution is 0.215. The lowest BCUT2D eigenvalue weighted by Gasteiger charge is -2.22. The Labute approximate surface area is 131 Å². The Bertz CT molecular complexity index is 516. The summed E-state index contributed by atoms with van der Waals surface area (Å²) < 4.78 is 16.4. The van der Waals surface area contributed by atoms with Gasteiger partial charge in [0.2, 0.25) is 0 Å². The number of hydrogen-bond acceptors (Lipinski definition) is 4. The Hall–Kier alpha value is -1.39. The molecule has 0 aromatic heterocycles. The van der Waals surface area contributed by atoms with Crippen molar-refractivity contribution in [1.82, 2.24) is 5.32 Å². The van der Waals surface area contributed by atoms with Crippen LogP contribution in [0.25, 0.3) is 0 Å². The summed E-state index contributed by atoms with van der Waals surface area (Å²) in [5.74, 6) is 2.13. The summed E-state index contributed by atoms with van der Waals surface area (Å²) in [6, 6.07) is 3.84. The van der Waals surface area contributed by atoms with E-state index in [1.54, 1.807) is 14.2 Å². The lowest BCUT2D eigenvalue weighted by atomic mass is 10.0. The molecule has 1 aliphatic heterocycles. The molecule has 0 saturated carbocycles. The maximum Gasteiger partial charge on any atom is 0.179 e. The van der Waals surface area contributed by atoms with Gasteiger partial charge >= 0.3 is 0 Å². The van der Waals surface area contributed by atoms with E-state index in [0.29, 0.717) is 16.5 Å². The van der Waals surface area contributed by atoms with Gasteiger partial charge in [-0.2, -0.15) is 0 Å². The van der Waals surface area contributed by atoms with Crippen LogP contribution in [-0.2, 0) is 4.74 Å². The van der Waals surface area contributed by atoms with Crippen LogP contribution in [0.5, 0.6) is 11.5 Å². The third kappa shape index (κ3) is 3.63. The fraction of sp³-hybridized carbons (Fsp3) is 0.500. The molecule has 1 unspecified atom stereocenters. The van der Waals surface area contributed by atoms with Gasteiger partial charge in [0.25, 0.3) is 0 Å². The molecular weight excluding hydrogens is 290 g/mol. The first-order valence-corrected chi connectivity index (χ1v) is 7.56. The van der Waals surface area contributed by atoms with Gasteiger partial charge in [-0.3, -0.25) is 0 Å². The molecular formula is C16H22ClNO3. The Morgan fingerprint density at radius 2 is 2.14 bits per heavy atom. The third-order valence-corrected chi connectivity index (χ3v) is 3.69. The second-order valence-corrected chi connectivity index (χ2v) is 5.28. The molecule has 1 aromatic rings. The summed E-state index contributed by atoms with van der Waals surface area (Å²) in [5, 5.41) is 4.03. The van der Waals surface area contributed by atoms with Crippen molar-refractivity contribution in [2.75, 3.05) is 27.4 Å². The van der Waals surface area contributed by atoms with E-state index in [2.05, 4.69) is 18.3 Å². The number of nitrogens with one attached hydrogen (secondary N) is 1. The van der Waals surface area contributed by atoms with Gasteiger partial charge in [0.1, 0.15) is 5.76 Å². The molecule has 1 N–H and O–H groups in total. The molecule has 0 radical (unpaired) electrons. The molecule has 2 rings (SSSR count). The van der Waals surface area contributed by atoms with E-state index in [9.17, 15) is 0 Å². The normalized spacial score (nSPS) is 15.3. The van der Waals surface area contributed by atoms with E-state index >= 15 is 0 Å². The van der Waals surface area contributed by atoms with Crippen molar-refractivity contribution in [3.63, 3.8) is 0 Å². The fourth-order valence-electron chi connectivity index (χ4n) is 2.41. The highest BCUT2D eigenvalue weighted by atomic mass is 35.5. The minimum absolute atomic E-state index is 0.00949. The Morgan fingerprint density at radius 3 is 2.71 bits per heavy atom. The van der Waals surface area contributed by atoms with Gasteiger partial charge in [0.15, 0.2) is 11.5 Å². The lowest BCUT2D eigenvalue weighted by Crippen LogP contribution is -2.24. The molecule has 0 spiro atoms. The first-order valence-electron chi connectivity index (χ1n) is 7.18. The van der Waals surface area contributed by atoms with Crippen molar-refractivity contribution in [3.05, 3.63) is 34.6 Å². The predicted molar refractivity (Wildman–Crippen MR) is 84.2 cm³/mol. The second-order valence-electron chi connectivity index (χ2n) is 4.87. The van der Waals surface area contributed by atoms with E-state index in [1.807, 2.05) is 12.1 Å². The molecule has 0 amide bonds. The standard InChI is InChI=1S/C16H22ClNO3/c1-4-7-18-15(13-6-5-8-21-13)11-9-12(17)16(20-3)14(10-11)19-2/h6,9-10,15,18H,4-5,7-8H2,1-3H3. The van der Waals surface area contributed by atoms with E-state index < -0.39 is 0 Å². The number of benzene rings is 1. The van der Waals surface area contributed by atoms with Crippen LogP contribution < -0.4 is 14.8 Å². The monoisotopic (exact) mass is 311 g/mol. The average Bonchev–Trinajstić information content (AvgIpc) is 3.01. The molecule has 0 bridgehead atoms. The molecule has 1 aromatic carbocycles. The van der Waals surface area contributed by atoms with Crippen molar-refractivity contribution >= 4 is 11.6 Å². The van der Waals surface area contributed by atoms with Crippen LogP contribution in [-0.4, -0.2) is 27.4 Å². The molecule has 1 heterocycles. The molecule has 1 aliphatic rings. The van der Waals surface area contributed by atoms with Crippen molar-refractivity contribution in [3.8, 4) is 11.5 Å². The maximum atomic E-state index is 6.31. The summed E-state index contributed by atoms with van der Waals surface area (Å²) in [4.78, 5) is 0. The molecule has 4 nitrogen and oxygen atoms in total. The highest BCUT2D eigenvalue weighted by Gasteiger charge is 2.23. The molecule has 21 heavy (non-hydrogen) atoms. The van der Waals surface area contributed by atoms with Gasteiger partial charge in [-0.1, -0.05) is 18.5 Å². The topological polar surface area (TPSA) is 39.7 Å². The summed E-state index contributed by atoms with van der Waals surface area (Å²) in [6.07, 6.45) is 4.11. The zero-order valence-corrected chi connectivity index (χ0v) is 13.5. The molecule has 0 aliphatic carbocycles. The fourth-order valence-corrected chi connectivity index (χ4v) is 2.71. The number of ether oxygens (including phenoxy) is 3. The van der Waals surface area contributed by atoms with Gasteiger partial charge in [-0.05, 0) is 36.7 Å². The predicted octanol–water partition coefficient (Wildman–Crippen LogP) is 3.70. The summed E-state index contributed by atoms with van der Waals surface area (Å²) in [7, 11) is 3.19. The zero-order chi connectivity index (χ0) is 15.2. The van der Waals surface area contributed by atoms with Gasteiger partial charge in [-0.15, -0.1) is 0 Å².